The average Bonchev–Trinajstić information content (AvgIpc) is 2.63. The Morgan fingerprint density at radius 1 is 1.12 bits per heavy atom. The van der Waals surface area contributed by atoms with Gasteiger partial charge in [0.15, 0.2) is 5.16 Å². The van der Waals surface area contributed by atoms with E-state index in [0.717, 1.165) is 10.5 Å². The molecule has 1 aromatic carbocycles. The first-order valence-corrected chi connectivity index (χ1v) is 8.60. The number of carbonyl (C=O) groups excluding carboxylic acids is 3. The van der Waals surface area contributed by atoms with Gasteiger partial charge in [-0.15, -0.1) is 0 Å². The van der Waals surface area contributed by atoms with Crippen LogP contribution in [0.15, 0.2) is 53.5 Å². The summed E-state index contributed by atoms with van der Waals surface area (Å²) < 4.78 is 0. The molecule has 1 aromatic heterocycles. The molecule has 126 valence electrons. The van der Waals surface area contributed by atoms with E-state index in [1.165, 1.54) is 30.2 Å². The molecule has 1 saturated heterocycles. The summed E-state index contributed by atoms with van der Waals surface area (Å²) in [6.45, 7) is 0.0814. The third-order valence-corrected chi connectivity index (χ3v) is 4.09. The lowest BCUT2D eigenvalue weighted by Gasteiger charge is -2.26. The lowest BCUT2D eigenvalue weighted by molar-refractivity contribution is -0.130. The molecule has 0 atom stereocenters. The molecule has 2 aromatic rings. The summed E-state index contributed by atoms with van der Waals surface area (Å²) in [4.78, 5) is 45.9. The van der Waals surface area contributed by atoms with Gasteiger partial charge in [0.25, 0.3) is 11.8 Å². The molecule has 1 aliphatic rings. The van der Waals surface area contributed by atoms with E-state index in [9.17, 15) is 14.4 Å². The van der Waals surface area contributed by atoms with E-state index in [4.69, 9.17) is 0 Å². The Bertz CT molecular complexity index is 850. The zero-order valence-corrected chi connectivity index (χ0v) is 14.1. The number of nitrogens with zero attached hydrogens (tertiary/aromatic N) is 3. The summed E-state index contributed by atoms with van der Waals surface area (Å²) in [6.07, 6.45) is 6.26. The Balaban J connectivity index is 1.87. The van der Waals surface area contributed by atoms with Crippen LogP contribution in [0.2, 0.25) is 0 Å². The van der Waals surface area contributed by atoms with Gasteiger partial charge in [-0.1, -0.05) is 42.1 Å². The normalized spacial score (nSPS) is 16.3. The van der Waals surface area contributed by atoms with E-state index < -0.39 is 17.8 Å². The predicted molar refractivity (Wildman–Crippen MR) is 92.3 cm³/mol. The molecule has 3 rings (SSSR count). The molecule has 0 spiro atoms. The number of thioether (sulfide) groups is 1. The molecule has 2 heterocycles. The number of aromatic nitrogens is 2. The van der Waals surface area contributed by atoms with Gasteiger partial charge in [-0.05, 0) is 17.9 Å². The zero-order valence-electron chi connectivity index (χ0n) is 13.3. The van der Waals surface area contributed by atoms with Crippen molar-refractivity contribution >= 4 is 35.7 Å². The second kappa shape index (κ2) is 7.27. The topological polar surface area (TPSA) is 92.3 Å². The van der Waals surface area contributed by atoms with Gasteiger partial charge in [-0.3, -0.25) is 19.8 Å². The lowest BCUT2D eigenvalue weighted by atomic mass is 10.1. The van der Waals surface area contributed by atoms with Crippen LogP contribution < -0.4 is 5.32 Å². The molecule has 0 saturated carbocycles. The summed E-state index contributed by atoms with van der Waals surface area (Å²) in [6, 6.07) is 8.34. The van der Waals surface area contributed by atoms with Gasteiger partial charge in [0.2, 0.25) is 0 Å². The maximum absolute atomic E-state index is 12.6. The molecule has 1 aliphatic heterocycles. The van der Waals surface area contributed by atoms with E-state index >= 15 is 0 Å². The van der Waals surface area contributed by atoms with Crippen LogP contribution in [0, 0.1) is 0 Å². The number of imide groups is 2. The molecule has 8 heteroatoms. The first-order chi connectivity index (χ1) is 12.1. The van der Waals surface area contributed by atoms with Crippen LogP contribution in [0.1, 0.15) is 11.1 Å². The van der Waals surface area contributed by atoms with Crippen LogP contribution in [-0.4, -0.2) is 39.0 Å². The number of urea groups is 1. The monoisotopic (exact) mass is 354 g/mol. The van der Waals surface area contributed by atoms with E-state index in [1.54, 1.807) is 12.1 Å². The van der Waals surface area contributed by atoms with E-state index in [2.05, 4.69) is 15.3 Å². The molecule has 0 radical (unpaired) electrons. The minimum atomic E-state index is -0.731. The Morgan fingerprint density at radius 3 is 2.44 bits per heavy atom. The van der Waals surface area contributed by atoms with Crippen molar-refractivity contribution in [2.45, 2.75) is 11.7 Å². The highest BCUT2D eigenvalue weighted by Crippen LogP contribution is 2.17. The molecule has 0 unspecified atom stereocenters. The summed E-state index contributed by atoms with van der Waals surface area (Å²) in [7, 11) is 0. The van der Waals surface area contributed by atoms with Gasteiger partial charge in [0.05, 0.1) is 6.54 Å². The fraction of sp³-hybridized carbons (Fsp3) is 0.118. The fourth-order valence-corrected chi connectivity index (χ4v) is 2.59. The third-order valence-electron chi connectivity index (χ3n) is 3.51. The van der Waals surface area contributed by atoms with Crippen LogP contribution in [-0.2, 0) is 16.1 Å². The number of carbonyl (C=O) groups is 3. The third kappa shape index (κ3) is 3.74. The van der Waals surface area contributed by atoms with Gasteiger partial charge >= 0.3 is 6.03 Å². The van der Waals surface area contributed by atoms with Crippen molar-refractivity contribution in [3.63, 3.8) is 0 Å². The average molecular weight is 354 g/mol. The molecule has 1 N–H and O–H groups in total. The highest BCUT2D eigenvalue weighted by Gasteiger charge is 2.35. The van der Waals surface area contributed by atoms with Crippen LogP contribution >= 0.6 is 11.8 Å². The number of amides is 4. The minimum absolute atomic E-state index is 0.0814. The van der Waals surface area contributed by atoms with Crippen LogP contribution in [0.5, 0.6) is 0 Å². The van der Waals surface area contributed by atoms with Crippen molar-refractivity contribution in [3.05, 3.63) is 59.4 Å². The van der Waals surface area contributed by atoms with Gasteiger partial charge in [0.1, 0.15) is 5.57 Å². The number of barbiturate groups is 1. The predicted octanol–water partition coefficient (Wildman–Crippen LogP) is 1.86. The Labute approximate surface area is 148 Å². The molecule has 7 nitrogen and oxygen atoms in total. The highest BCUT2D eigenvalue weighted by atomic mass is 32.2. The van der Waals surface area contributed by atoms with Crippen molar-refractivity contribution in [3.8, 4) is 0 Å². The summed E-state index contributed by atoms with van der Waals surface area (Å²) in [5.74, 6) is -1.38. The minimum Gasteiger partial charge on any atom is -0.273 e. The van der Waals surface area contributed by atoms with Gasteiger partial charge in [0, 0.05) is 18.0 Å². The van der Waals surface area contributed by atoms with E-state index in [1.807, 2.05) is 24.5 Å². The molecule has 0 bridgehead atoms. The SMILES string of the molecule is CSc1ncc(/C=C2/C(=O)NC(=O)N(Cc3ccccc3)C2=O)cn1. The number of nitrogens with one attached hydrogen (secondary N) is 1. The quantitative estimate of drug-likeness (QED) is 0.390. The summed E-state index contributed by atoms with van der Waals surface area (Å²) in [5, 5.41) is 2.77. The van der Waals surface area contributed by atoms with E-state index in [-0.39, 0.29) is 12.1 Å². The first kappa shape index (κ1) is 16.8. The largest absolute Gasteiger partial charge is 0.331 e. The van der Waals surface area contributed by atoms with Crippen molar-refractivity contribution in [1.82, 2.24) is 20.2 Å². The maximum Gasteiger partial charge on any atom is 0.331 e. The zero-order chi connectivity index (χ0) is 17.8. The molecule has 1 fully saturated rings. The molecular formula is C17H14N4O3S. The Kier molecular flexibility index (Phi) is 4.90. The Morgan fingerprint density at radius 2 is 1.80 bits per heavy atom. The fourth-order valence-electron chi connectivity index (χ4n) is 2.28. The Hall–Kier alpha value is -3.00. The number of benzene rings is 1. The summed E-state index contributed by atoms with van der Waals surface area (Å²) in [5.41, 5.74) is 1.16. The van der Waals surface area contributed by atoms with Crippen molar-refractivity contribution in [2.75, 3.05) is 6.26 Å². The standard InChI is InChI=1S/C17H14N4O3S/c1-25-16-18-8-12(9-19-16)7-13-14(22)20-17(24)21(15(13)23)10-11-5-3-2-4-6-11/h2-9H,10H2,1H3,(H,20,22,24)/b13-7-. The van der Waals surface area contributed by atoms with Crippen LogP contribution in [0.3, 0.4) is 0 Å². The summed E-state index contributed by atoms with van der Waals surface area (Å²) >= 11 is 1.38. The smallest absolute Gasteiger partial charge is 0.273 e. The van der Waals surface area contributed by atoms with Gasteiger partial charge in [-0.2, -0.15) is 0 Å². The maximum atomic E-state index is 12.6. The molecular weight excluding hydrogens is 340 g/mol. The first-order valence-electron chi connectivity index (χ1n) is 7.37. The number of hydrogen-bond donors (Lipinski definition) is 1. The van der Waals surface area contributed by atoms with Gasteiger partial charge < -0.3 is 0 Å². The lowest BCUT2D eigenvalue weighted by Crippen LogP contribution is -2.53. The van der Waals surface area contributed by atoms with Crippen molar-refractivity contribution in [2.24, 2.45) is 0 Å². The second-order valence-electron chi connectivity index (χ2n) is 5.20. The second-order valence-corrected chi connectivity index (χ2v) is 5.97. The molecule has 25 heavy (non-hydrogen) atoms. The molecule has 0 aliphatic carbocycles. The van der Waals surface area contributed by atoms with Gasteiger partial charge in [-0.25, -0.2) is 14.8 Å². The number of hydrogen-bond acceptors (Lipinski definition) is 6. The molecule has 4 amide bonds. The van der Waals surface area contributed by atoms with Crippen molar-refractivity contribution in [1.29, 1.82) is 0 Å². The highest BCUT2D eigenvalue weighted by molar-refractivity contribution is 7.98. The van der Waals surface area contributed by atoms with Crippen LogP contribution in [0.4, 0.5) is 4.79 Å². The number of rotatable bonds is 4. The van der Waals surface area contributed by atoms with Crippen molar-refractivity contribution < 1.29 is 14.4 Å². The van der Waals surface area contributed by atoms with Crippen LogP contribution in [0.25, 0.3) is 6.08 Å². The van der Waals surface area contributed by atoms with E-state index in [0.29, 0.717) is 10.7 Å².